The Balaban J connectivity index is 1.97. The zero-order valence-corrected chi connectivity index (χ0v) is 15.9. The van der Waals surface area contributed by atoms with Crippen LogP contribution in [-0.4, -0.2) is 27.0 Å². The molecule has 1 aliphatic carbocycles. The Labute approximate surface area is 156 Å². The lowest BCUT2D eigenvalue weighted by molar-refractivity contribution is -0.118. The molecule has 0 bridgehead atoms. The molecule has 0 aromatic carbocycles. The molecule has 7 heteroatoms. The molecular formula is C19H21N5OS. The van der Waals surface area contributed by atoms with Gasteiger partial charge in [-0.2, -0.15) is 0 Å². The first-order chi connectivity index (χ1) is 12.4. The van der Waals surface area contributed by atoms with Gasteiger partial charge >= 0.3 is 0 Å². The Hall–Kier alpha value is -2.41. The van der Waals surface area contributed by atoms with E-state index in [4.69, 9.17) is 5.73 Å². The summed E-state index contributed by atoms with van der Waals surface area (Å²) in [7, 11) is 0. The molecule has 3 N–H and O–H groups in total. The minimum absolute atomic E-state index is 0.0825. The van der Waals surface area contributed by atoms with Gasteiger partial charge in [0, 0.05) is 41.6 Å². The molecule has 3 heterocycles. The Morgan fingerprint density at radius 3 is 2.81 bits per heavy atom. The van der Waals surface area contributed by atoms with Gasteiger partial charge in [0.25, 0.3) is 0 Å². The van der Waals surface area contributed by atoms with Crippen LogP contribution in [0.4, 0.5) is 11.6 Å². The van der Waals surface area contributed by atoms with Crippen molar-refractivity contribution in [2.24, 2.45) is 5.41 Å². The maximum absolute atomic E-state index is 13.1. The number of hydrogen-bond acceptors (Lipinski definition) is 7. The van der Waals surface area contributed by atoms with Crippen molar-refractivity contribution in [2.75, 3.05) is 17.3 Å². The van der Waals surface area contributed by atoms with Crippen LogP contribution in [0, 0.1) is 5.41 Å². The number of fused-ring (bicyclic) bond motifs is 1. The van der Waals surface area contributed by atoms with E-state index in [0.29, 0.717) is 23.2 Å². The van der Waals surface area contributed by atoms with E-state index in [1.807, 2.05) is 18.4 Å². The highest BCUT2D eigenvalue weighted by atomic mass is 32.2. The highest BCUT2D eigenvalue weighted by Gasteiger charge is 2.42. The van der Waals surface area contributed by atoms with Crippen LogP contribution in [0.3, 0.4) is 0 Å². The number of nitrogens with zero attached hydrogens (tertiary/aromatic N) is 3. The number of nitrogens with two attached hydrogens (primary N) is 1. The molecule has 0 fully saturated rings. The molecule has 1 atom stereocenters. The minimum atomic E-state index is -0.283. The Bertz CT molecular complexity index is 923. The van der Waals surface area contributed by atoms with Gasteiger partial charge in [0.05, 0.1) is 0 Å². The molecule has 134 valence electrons. The third-order valence-corrected chi connectivity index (χ3v) is 5.47. The smallest absolute Gasteiger partial charge is 0.191 e. The second-order valence-corrected chi connectivity index (χ2v) is 8.31. The van der Waals surface area contributed by atoms with E-state index in [0.717, 1.165) is 28.8 Å². The topological polar surface area (TPSA) is 93.8 Å². The van der Waals surface area contributed by atoms with Crippen molar-refractivity contribution in [3.8, 4) is 0 Å². The molecule has 0 saturated carbocycles. The monoisotopic (exact) mass is 367 g/mol. The van der Waals surface area contributed by atoms with Crippen LogP contribution in [-0.2, 0) is 4.79 Å². The summed E-state index contributed by atoms with van der Waals surface area (Å²) in [5.74, 6) is 0.968. The normalized spacial score (nSPS) is 21.0. The van der Waals surface area contributed by atoms with Crippen LogP contribution in [0.25, 0.3) is 0 Å². The fraction of sp³-hybridized carbons (Fsp3) is 0.368. The molecule has 0 radical (unpaired) electrons. The molecule has 0 amide bonds. The van der Waals surface area contributed by atoms with Crippen molar-refractivity contribution in [2.45, 2.75) is 37.8 Å². The molecule has 2 aromatic rings. The van der Waals surface area contributed by atoms with Crippen molar-refractivity contribution in [3.05, 3.63) is 46.9 Å². The van der Waals surface area contributed by atoms with Gasteiger partial charge in [-0.05, 0) is 29.7 Å². The number of Topliss-reactive ketones (excluding diaryl/α,β-unsaturated/α-hetero) is 1. The van der Waals surface area contributed by atoms with Gasteiger partial charge in [-0.15, -0.1) is 0 Å². The molecule has 4 rings (SSSR count). The van der Waals surface area contributed by atoms with E-state index >= 15 is 0 Å². The zero-order valence-electron chi connectivity index (χ0n) is 15.0. The molecule has 2 aliphatic rings. The first kappa shape index (κ1) is 17.0. The lowest BCUT2D eigenvalue weighted by atomic mass is 9.69. The molecule has 0 spiro atoms. The van der Waals surface area contributed by atoms with Gasteiger partial charge in [0.1, 0.15) is 11.6 Å². The SMILES string of the molecule is CSc1nc(N)c2c(n1)NC1=C(C(=O)CC(C)(C)C1)[C@H]2c1cccnc1. The second-order valence-electron chi connectivity index (χ2n) is 7.54. The Morgan fingerprint density at radius 1 is 1.31 bits per heavy atom. The summed E-state index contributed by atoms with van der Waals surface area (Å²) in [6.45, 7) is 4.24. The van der Waals surface area contributed by atoms with Gasteiger partial charge in [0.2, 0.25) is 0 Å². The highest BCUT2D eigenvalue weighted by Crippen LogP contribution is 2.49. The number of ketones is 1. The number of anilines is 2. The van der Waals surface area contributed by atoms with Crippen molar-refractivity contribution in [3.63, 3.8) is 0 Å². The Kier molecular flexibility index (Phi) is 3.99. The number of aromatic nitrogens is 3. The van der Waals surface area contributed by atoms with Gasteiger partial charge in [0.15, 0.2) is 10.9 Å². The average Bonchev–Trinajstić information content (AvgIpc) is 2.59. The van der Waals surface area contributed by atoms with Gasteiger partial charge < -0.3 is 11.1 Å². The fourth-order valence-corrected chi connectivity index (χ4v) is 4.26. The molecule has 26 heavy (non-hydrogen) atoms. The quantitative estimate of drug-likeness (QED) is 0.621. The summed E-state index contributed by atoms with van der Waals surface area (Å²) in [5.41, 5.74) is 9.64. The lowest BCUT2D eigenvalue weighted by Crippen LogP contribution is -2.34. The average molecular weight is 367 g/mol. The summed E-state index contributed by atoms with van der Waals surface area (Å²) < 4.78 is 0. The van der Waals surface area contributed by atoms with Crippen LogP contribution < -0.4 is 11.1 Å². The Morgan fingerprint density at radius 2 is 2.12 bits per heavy atom. The first-order valence-electron chi connectivity index (χ1n) is 8.54. The molecular weight excluding hydrogens is 346 g/mol. The van der Waals surface area contributed by atoms with Crippen molar-refractivity contribution >= 4 is 29.2 Å². The standard InChI is InChI=1S/C19H21N5OS/c1-19(2)7-11-14(12(25)8-19)13(10-5-4-6-21-9-10)15-16(20)23-18(26-3)24-17(15)22-11/h4-6,9,13H,7-8H2,1-3H3,(H3,20,22,23,24)/t13-/m1/s1. The fourth-order valence-electron chi connectivity index (χ4n) is 3.89. The third-order valence-electron chi connectivity index (χ3n) is 4.92. The third kappa shape index (κ3) is 2.76. The maximum atomic E-state index is 13.1. The number of pyridine rings is 1. The largest absolute Gasteiger partial charge is 0.383 e. The predicted molar refractivity (Wildman–Crippen MR) is 103 cm³/mol. The van der Waals surface area contributed by atoms with Crippen LogP contribution in [0.5, 0.6) is 0 Å². The van der Waals surface area contributed by atoms with Gasteiger partial charge in [-0.25, -0.2) is 9.97 Å². The van der Waals surface area contributed by atoms with E-state index in [1.165, 1.54) is 11.8 Å². The van der Waals surface area contributed by atoms with Crippen molar-refractivity contribution < 1.29 is 4.79 Å². The van der Waals surface area contributed by atoms with Crippen LogP contribution in [0.2, 0.25) is 0 Å². The van der Waals surface area contributed by atoms with Crippen LogP contribution in [0.15, 0.2) is 41.0 Å². The van der Waals surface area contributed by atoms with Crippen molar-refractivity contribution in [1.29, 1.82) is 0 Å². The number of allylic oxidation sites excluding steroid dienone is 2. The summed E-state index contributed by atoms with van der Waals surface area (Å²) >= 11 is 1.44. The molecule has 2 aromatic heterocycles. The molecule has 6 nitrogen and oxygen atoms in total. The number of carbonyl (C=O) groups is 1. The van der Waals surface area contributed by atoms with Gasteiger partial charge in [-0.3, -0.25) is 9.78 Å². The molecule has 0 saturated heterocycles. The van der Waals surface area contributed by atoms with E-state index in [9.17, 15) is 4.79 Å². The van der Waals surface area contributed by atoms with E-state index in [2.05, 4.69) is 34.1 Å². The lowest BCUT2D eigenvalue weighted by Gasteiger charge is -2.39. The minimum Gasteiger partial charge on any atom is -0.383 e. The predicted octanol–water partition coefficient (Wildman–Crippen LogP) is 3.38. The first-order valence-corrected chi connectivity index (χ1v) is 9.76. The van der Waals surface area contributed by atoms with E-state index < -0.39 is 0 Å². The maximum Gasteiger partial charge on any atom is 0.191 e. The highest BCUT2D eigenvalue weighted by molar-refractivity contribution is 7.98. The molecule has 1 aliphatic heterocycles. The number of nitrogen functional groups attached to an aromatic ring is 1. The zero-order chi connectivity index (χ0) is 18.5. The second kappa shape index (κ2) is 6.09. The summed E-state index contributed by atoms with van der Waals surface area (Å²) in [6.07, 6.45) is 6.75. The van der Waals surface area contributed by atoms with Crippen molar-refractivity contribution in [1.82, 2.24) is 15.0 Å². The van der Waals surface area contributed by atoms with Crippen LogP contribution >= 0.6 is 11.8 Å². The number of nitrogens with one attached hydrogen (secondary N) is 1. The van der Waals surface area contributed by atoms with E-state index in [1.54, 1.807) is 12.4 Å². The molecule has 0 unspecified atom stereocenters. The number of thioether (sulfide) groups is 1. The van der Waals surface area contributed by atoms with Gasteiger partial charge in [-0.1, -0.05) is 31.7 Å². The summed E-state index contributed by atoms with van der Waals surface area (Å²) in [6, 6.07) is 3.86. The summed E-state index contributed by atoms with van der Waals surface area (Å²) in [4.78, 5) is 26.3. The van der Waals surface area contributed by atoms with Crippen LogP contribution in [0.1, 0.15) is 43.7 Å². The number of carbonyl (C=O) groups excluding carboxylic acids is 1. The summed E-state index contributed by atoms with van der Waals surface area (Å²) in [5, 5.41) is 4.01. The van der Waals surface area contributed by atoms with E-state index in [-0.39, 0.29) is 17.1 Å². The number of rotatable bonds is 2. The number of hydrogen-bond donors (Lipinski definition) is 2.